The first-order valence-corrected chi connectivity index (χ1v) is 5.78. The SMILES string of the molecule is CC(=O)CC(C)=N[C@@H](Cc1ccccc1)C(=O)O. The van der Waals surface area contributed by atoms with Gasteiger partial charge in [0.2, 0.25) is 0 Å². The summed E-state index contributed by atoms with van der Waals surface area (Å²) in [5.41, 5.74) is 1.48. The number of nitrogens with zero attached hydrogens (tertiary/aromatic N) is 1. The summed E-state index contributed by atoms with van der Waals surface area (Å²) in [4.78, 5) is 26.2. The number of carbonyl (C=O) groups excluding carboxylic acids is 1. The Morgan fingerprint density at radius 1 is 1.22 bits per heavy atom. The van der Waals surface area contributed by atoms with E-state index < -0.39 is 12.0 Å². The second kappa shape index (κ2) is 6.69. The fourth-order valence-corrected chi connectivity index (χ4v) is 1.70. The fraction of sp³-hybridized carbons (Fsp3) is 0.357. The van der Waals surface area contributed by atoms with Gasteiger partial charge in [0.1, 0.15) is 5.78 Å². The average molecular weight is 247 g/mol. The van der Waals surface area contributed by atoms with E-state index in [1.54, 1.807) is 6.92 Å². The zero-order valence-corrected chi connectivity index (χ0v) is 10.6. The summed E-state index contributed by atoms with van der Waals surface area (Å²) in [6.07, 6.45) is 0.546. The molecule has 0 unspecified atom stereocenters. The van der Waals surface area contributed by atoms with Crippen LogP contribution < -0.4 is 0 Å². The van der Waals surface area contributed by atoms with Crippen LogP contribution in [0.4, 0.5) is 0 Å². The van der Waals surface area contributed by atoms with Crippen LogP contribution in [-0.2, 0) is 16.0 Å². The normalized spacial score (nSPS) is 13.1. The van der Waals surface area contributed by atoms with E-state index in [4.69, 9.17) is 5.11 Å². The maximum absolute atomic E-state index is 11.1. The number of carboxylic acids is 1. The van der Waals surface area contributed by atoms with Crippen molar-refractivity contribution >= 4 is 17.5 Å². The molecule has 0 amide bonds. The van der Waals surface area contributed by atoms with Crippen molar-refractivity contribution in [3.05, 3.63) is 35.9 Å². The van der Waals surface area contributed by atoms with E-state index in [0.29, 0.717) is 12.1 Å². The zero-order valence-electron chi connectivity index (χ0n) is 10.6. The molecule has 0 spiro atoms. The first kappa shape index (κ1) is 14.1. The van der Waals surface area contributed by atoms with Crippen molar-refractivity contribution in [1.82, 2.24) is 0 Å². The van der Waals surface area contributed by atoms with Gasteiger partial charge < -0.3 is 5.11 Å². The van der Waals surface area contributed by atoms with Crippen LogP contribution in [0.2, 0.25) is 0 Å². The van der Waals surface area contributed by atoms with Gasteiger partial charge in [-0.25, -0.2) is 4.79 Å². The molecule has 1 rings (SSSR count). The van der Waals surface area contributed by atoms with E-state index in [-0.39, 0.29) is 12.2 Å². The largest absolute Gasteiger partial charge is 0.480 e. The summed E-state index contributed by atoms with van der Waals surface area (Å²) in [6.45, 7) is 3.15. The molecule has 0 radical (unpaired) electrons. The number of benzene rings is 1. The Hall–Kier alpha value is -1.97. The van der Waals surface area contributed by atoms with Crippen molar-refractivity contribution in [2.45, 2.75) is 32.7 Å². The Balaban J connectivity index is 2.78. The number of rotatable bonds is 6. The standard InChI is InChI=1S/C14H17NO3/c1-10(8-11(2)16)15-13(14(17)18)9-12-6-4-3-5-7-12/h3-7,13H,8-9H2,1-2H3,(H,17,18)/t13-/m0/s1. The highest BCUT2D eigenvalue weighted by molar-refractivity contribution is 6.00. The van der Waals surface area contributed by atoms with E-state index in [2.05, 4.69) is 4.99 Å². The first-order chi connectivity index (χ1) is 8.49. The lowest BCUT2D eigenvalue weighted by molar-refractivity contribution is -0.138. The third kappa shape index (κ3) is 4.91. The molecule has 0 fully saturated rings. The molecular weight excluding hydrogens is 230 g/mol. The van der Waals surface area contributed by atoms with Gasteiger partial charge in [-0.05, 0) is 19.4 Å². The lowest BCUT2D eigenvalue weighted by atomic mass is 10.1. The van der Waals surface area contributed by atoms with Gasteiger partial charge in [0.15, 0.2) is 6.04 Å². The third-order valence-electron chi connectivity index (χ3n) is 2.44. The smallest absolute Gasteiger partial charge is 0.328 e. The Kier molecular flexibility index (Phi) is 5.24. The zero-order chi connectivity index (χ0) is 13.5. The van der Waals surface area contributed by atoms with Gasteiger partial charge in [-0.15, -0.1) is 0 Å². The van der Waals surface area contributed by atoms with E-state index in [1.807, 2.05) is 30.3 Å². The van der Waals surface area contributed by atoms with Crippen LogP contribution in [-0.4, -0.2) is 28.6 Å². The number of hydrogen-bond acceptors (Lipinski definition) is 3. The lowest BCUT2D eigenvalue weighted by Gasteiger charge is -2.09. The summed E-state index contributed by atoms with van der Waals surface area (Å²) in [7, 11) is 0. The van der Waals surface area contributed by atoms with Crippen molar-refractivity contribution in [3.8, 4) is 0 Å². The van der Waals surface area contributed by atoms with Gasteiger partial charge in [0, 0.05) is 18.6 Å². The number of ketones is 1. The molecule has 0 bridgehead atoms. The minimum atomic E-state index is -0.971. The maximum Gasteiger partial charge on any atom is 0.328 e. The minimum absolute atomic E-state index is 0.0138. The molecule has 0 aromatic heterocycles. The lowest BCUT2D eigenvalue weighted by Crippen LogP contribution is -2.22. The van der Waals surface area contributed by atoms with Crippen molar-refractivity contribution in [2.24, 2.45) is 4.99 Å². The Morgan fingerprint density at radius 3 is 2.33 bits per heavy atom. The molecular formula is C14H17NO3. The van der Waals surface area contributed by atoms with Gasteiger partial charge in [-0.1, -0.05) is 30.3 Å². The monoisotopic (exact) mass is 247 g/mol. The maximum atomic E-state index is 11.1. The number of carbonyl (C=O) groups is 2. The number of carboxylic acid groups (broad SMARTS) is 1. The van der Waals surface area contributed by atoms with Crippen molar-refractivity contribution in [1.29, 1.82) is 0 Å². The molecule has 18 heavy (non-hydrogen) atoms. The number of aliphatic carboxylic acids is 1. The van der Waals surface area contributed by atoms with Crippen LogP contribution in [0.5, 0.6) is 0 Å². The van der Waals surface area contributed by atoms with Crippen LogP contribution in [0.15, 0.2) is 35.3 Å². The number of Topliss-reactive ketones (excluding diaryl/α,β-unsaturated/α-hetero) is 1. The quantitative estimate of drug-likeness (QED) is 0.783. The number of aliphatic imine (C=N–C) groups is 1. The Bertz CT molecular complexity index is 451. The van der Waals surface area contributed by atoms with Crippen molar-refractivity contribution in [2.75, 3.05) is 0 Å². The van der Waals surface area contributed by atoms with Gasteiger partial charge in [-0.3, -0.25) is 9.79 Å². The van der Waals surface area contributed by atoms with Crippen molar-refractivity contribution in [3.63, 3.8) is 0 Å². The van der Waals surface area contributed by atoms with Crippen LogP contribution in [0.3, 0.4) is 0 Å². The van der Waals surface area contributed by atoms with Crippen LogP contribution >= 0.6 is 0 Å². The molecule has 0 saturated heterocycles. The molecule has 0 aliphatic rings. The molecule has 1 N–H and O–H groups in total. The highest BCUT2D eigenvalue weighted by Crippen LogP contribution is 2.07. The summed E-state index contributed by atoms with van der Waals surface area (Å²) < 4.78 is 0. The molecule has 1 aromatic carbocycles. The van der Waals surface area contributed by atoms with E-state index in [0.717, 1.165) is 5.56 Å². The first-order valence-electron chi connectivity index (χ1n) is 5.78. The molecule has 1 aromatic rings. The molecule has 4 heteroatoms. The summed E-state index contributed by atoms with van der Waals surface area (Å²) in [5.74, 6) is -0.984. The predicted molar refractivity (Wildman–Crippen MR) is 70.0 cm³/mol. The second-order valence-electron chi connectivity index (χ2n) is 4.29. The fourth-order valence-electron chi connectivity index (χ4n) is 1.70. The Morgan fingerprint density at radius 2 is 1.83 bits per heavy atom. The second-order valence-corrected chi connectivity index (χ2v) is 4.29. The van der Waals surface area contributed by atoms with Crippen molar-refractivity contribution < 1.29 is 14.7 Å². The third-order valence-corrected chi connectivity index (χ3v) is 2.44. The van der Waals surface area contributed by atoms with E-state index >= 15 is 0 Å². The summed E-state index contributed by atoms with van der Waals surface area (Å²) in [6, 6.07) is 8.51. The Labute approximate surface area is 106 Å². The van der Waals surface area contributed by atoms with E-state index in [9.17, 15) is 9.59 Å². The van der Waals surface area contributed by atoms with Crippen LogP contribution in [0.1, 0.15) is 25.8 Å². The summed E-state index contributed by atoms with van der Waals surface area (Å²) in [5, 5.41) is 9.13. The minimum Gasteiger partial charge on any atom is -0.480 e. The highest BCUT2D eigenvalue weighted by Gasteiger charge is 2.17. The predicted octanol–water partition coefficient (Wildman–Crippen LogP) is 2.12. The molecule has 4 nitrogen and oxygen atoms in total. The molecule has 1 atom stereocenters. The van der Waals surface area contributed by atoms with E-state index in [1.165, 1.54) is 6.92 Å². The van der Waals surface area contributed by atoms with Gasteiger partial charge in [-0.2, -0.15) is 0 Å². The topological polar surface area (TPSA) is 66.7 Å². The van der Waals surface area contributed by atoms with Gasteiger partial charge in [0.05, 0.1) is 0 Å². The molecule has 0 saturated carbocycles. The highest BCUT2D eigenvalue weighted by atomic mass is 16.4. The molecule has 0 aliphatic carbocycles. The molecule has 0 heterocycles. The number of hydrogen-bond donors (Lipinski definition) is 1. The molecule has 96 valence electrons. The average Bonchev–Trinajstić information content (AvgIpc) is 2.28. The van der Waals surface area contributed by atoms with Crippen LogP contribution in [0.25, 0.3) is 0 Å². The summed E-state index contributed by atoms with van der Waals surface area (Å²) >= 11 is 0. The van der Waals surface area contributed by atoms with Gasteiger partial charge in [0.25, 0.3) is 0 Å². The molecule has 0 aliphatic heterocycles. The van der Waals surface area contributed by atoms with Gasteiger partial charge >= 0.3 is 5.97 Å². The van der Waals surface area contributed by atoms with Crippen LogP contribution in [0, 0.1) is 0 Å².